The minimum Gasteiger partial charge on any atom is -0.508 e. The molecule has 4 N–H and O–H groups in total. The minimum atomic E-state index is -1.12. The molecule has 202 valence electrons. The first-order chi connectivity index (χ1) is 17.6. The van der Waals surface area contributed by atoms with E-state index in [4.69, 9.17) is 4.74 Å². The van der Waals surface area contributed by atoms with Crippen LogP contribution in [0.5, 0.6) is 5.75 Å². The highest BCUT2D eigenvalue weighted by molar-refractivity contribution is 8.01. The van der Waals surface area contributed by atoms with E-state index in [0.29, 0.717) is 5.56 Å². The third-order valence-electron chi connectivity index (χ3n) is 7.32. The number of hydrogen-bond donors (Lipinski definition) is 4. The number of hydrogen-bond acceptors (Lipinski definition) is 8. The van der Waals surface area contributed by atoms with Crippen LogP contribution in [-0.2, 0) is 19.1 Å². The van der Waals surface area contributed by atoms with E-state index in [1.165, 1.54) is 28.8 Å². The molecule has 0 radical (unpaired) electrons. The van der Waals surface area contributed by atoms with Crippen LogP contribution >= 0.6 is 11.8 Å². The van der Waals surface area contributed by atoms with Crippen LogP contribution < -0.4 is 5.32 Å². The maximum absolute atomic E-state index is 13.5. The summed E-state index contributed by atoms with van der Waals surface area (Å²) in [6.07, 6.45) is 7.89. The number of nitrogens with zero attached hydrogens (tertiary/aromatic N) is 1. The number of aliphatic hydroxyl groups is 1. The minimum absolute atomic E-state index is 0.0132. The van der Waals surface area contributed by atoms with E-state index in [0.717, 1.165) is 32.1 Å². The van der Waals surface area contributed by atoms with E-state index in [1.807, 2.05) is 0 Å². The zero-order valence-corrected chi connectivity index (χ0v) is 22.0. The summed E-state index contributed by atoms with van der Waals surface area (Å²) in [6, 6.07) is 4.27. The van der Waals surface area contributed by atoms with Gasteiger partial charge in [-0.05, 0) is 63.6 Å². The second kappa shape index (κ2) is 11.6. The number of ether oxygens (including phenoxy) is 1. The molecule has 10 heteroatoms. The van der Waals surface area contributed by atoms with Crippen LogP contribution in [0.1, 0.15) is 64.0 Å². The largest absolute Gasteiger partial charge is 0.508 e. The molecular formula is C27H36N2O7S. The van der Waals surface area contributed by atoms with Crippen molar-refractivity contribution in [3.63, 3.8) is 0 Å². The van der Waals surface area contributed by atoms with Crippen molar-refractivity contribution in [2.75, 3.05) is 6.61 Å². The number of amides is 1. The standard InChI is InChI=1S/C27H36N2O7S/c1-27(2)23(26(34)35)29-24(33)19(25(29)37-27)14-20(31)22(16-10-12-17(30)13-11-16)28-21(32)15-36-18-8-6-4-3-5-7-9-18/h3-4,10-13,18-19,21-23,25,28,30,32H,5-9,14-15H2,1-2H3,(H,34,35)/b4-3+/t18?,19-,21?,22-,23+,25-/m1/s1. The third-order valence-corrected chi connectivity index (χ3v) is 8.95. The molecule has 0 spiro atoms. The summed E-state index contributed by atoms with van der Waals surface area (Å²) in [4.78, 5) is 39.6. The fourth-order valence-electron chi connectivity index (χ4n) is 5.42. The van der Waals surface area contributed by atoms with E-state index in [9.17, 15) is 29.7 Å². The smallest absolute Gasteiger partial charge is 0.327 e. The number of carboxylic acids is 1. The zero-order chi connectivity index (χ0) is 26.7. The lowest BCUT2D eigenvalue weighted by Crippen LogP contribution is -2.63. The van der Waals surface area contributed by atoms with Gasteiger partial charge in [0, 0.05) is 11.2 Å². The predicted molar refractivity (Wildman–Crippen MR) is 139 cm³/mol. The summed E-state index contributed by atoms with van der Waals surface area (Å²) in [5.74, 6) is -2.26. The molecule has 0 saturated carbocycles. The lowest BCUT2D eigenvalue weighted by Gasteiger charge is -2.43. The summed E-state index contributed by atoms with van der Waals surface area (Å²) < 4.78 is 5.28. The van der Waals surface area contributed by atoms with Crippen LogP contribution in [-0.4, -0.2) is 73.0 Å². The van der Waals surface area contributed by atoms with Crippen molar-refractivity contribution in [2.24, 2.45) is 5.92 Å². The third kappa shape index (κ3) is 6.19. The Morgan fingerprint density at radius 3 is 2.59 bits per heavy atom. The number of carbonyl (C=O) groups excluding carboxylic acids is 2. The zero-order valence-electron chi connectivity index (χ0n) is 21.2. The van der Waals surface area contributed by atoms with Gasteiger partial charge in [-0.15, -0.1) is 11.8 Å². The van der Waals surface area contributed by atoms with E-state index in [1.54, 1.807) is 26.0 Å². The van der Waals surface area contributed by atoms with Crippen LogP contribution in [0.4, 0.5) is 0 Å². The monoisotopic (exact) mass is 532 g/mol. The van der Waals surface area contributed by atoms with Gasteiger partial charge in [0.25, 0.3) is 0 Å². The number of aliphatic hydroxyl groups excluding tert-OH is 1. The van der Waals surface area contributed by atoms with Gasteiger partial charge in [0.05, 0.1) is 30.0 Å². The summed E-state index contributed by atoms with van der Waals surface area (Å²) >= 11 is 1.40. The molecular weight excluding hydrogens is 496 g/mol. The van der Waals surface area contributed by atoms with Gasteiger partial charge in [-0.25, -0.2) is 4.79 Å². The fraction of sp³-hybridized carbons (Fsp3) is 0.593. The van der Waals surface area contributed by atoms with Crippen LogP contribution in [0.3, 0.4) is 0 Å². The van der Waals surface area contributed by atoms with Gasteiger partial charge in [0.1, 0.15) is 18.0 Å². The lowest BCUT2D eigenvalue weighted by molar-refractivity contribution is -0.164. The molecule has 1 aromatic rings. The van der Waals surface area contributed by atoms with E-state index in [-0.39, 0.29) is 41.9 Å². The Kier molecular flexibility index (Phi) is 8.63. The van der Waals surface area contributed by atoms with Gasteiger partial charge < -0.3 is 25.0 Å². The van der Waals surface area contributed by atoms with Crippen molar-refractivity contribution in [3.05, 3.63) is 42.0 Å². The van der Waals surface area contributed by atoms with Gasteiger partial charge in [-0.3, -0.25) is 14.9 Å². The number of thioether (sulfide) groups is 1. The Balaban J connectivity index is 1.42. The number of Topliss-reactive ketones (excluding diaryl/α,β-unsaturated/α-hetero) is 1. The number of ketones is 1. The highest BCUT2D eigenvalue weighted by Crippen LogP contribution is 2.54. The van der Waals surface area contributed by atoms with Gasteiger partial charge in [-0.1, -0.05) is 24.3 Å². The first-order valence-corrected chi connectivity index (χ1v) is 13.7. The number of aliphatic carboxylic acids is 1. The topological polar surface area (TPSA) is 136 Å². The molecule has 37 heavy (non-hydrogen) atoms. The Morgan fingerprint density at radius 2 is 1.89 bits per heavy atom. The number of carboxylic acid groups (broad SMARTS) is 1. The maximum Gasteiger partial charge on any atom is 0.327 e. The molecule has 1 aromatic carbocycles. The van der Waals surface area contributed by atoms with Gasteiger partial charge in [0.15, 0.2) is 5.78 Å². The molecule has 3 aliphatic rings. The maximum atomic E-state index is 13.5. The molecule has 9 nitrogen and oxygen atoms in total. The summed E-state index contributed by atoms with van der Waals surface area (Å²) in [7, 11) is 0. The average molecular weight is 533 g/mol. The molecule has 0 bridgehead atoms. The highest BCUT2D eigenvalue weighted by Gasteiger charge is 2.63. The Bertz CT molecular complexity index is 1030. The highest BCUT2D eigenvalue weighted by atomic mass is 32.2. The second-order valence-electron chi connectivity index (χ2n) is 10.5. The van der Waals surface area contributed by atoms with Crippen molar-refractivity contribution in [2.45, 2.75) is 86.9 Å². The number of phenolic OH excluding ortho intramolecular Hbond substituents is 1. The van der Waals surface area contributed by atoms with Crippen molar-refractivity contribution >= 4 is 29.4 Å². The molecule has 2 fully saturated rings. The molecule has 2 unspecified atom stereocenters. The van der Waals surface area contributed by atoms with Crippen molar-refractivity contribution in [1.82, 2.24) is 10.2 Å². The van der Waals surface area contributed by atoms with Gasteiger partial charge >= 0.3 is 5.97 Å². The van der Waals surface area contributed by atoms with Crippen LogP contribution in [0, 0.1) is 5.92 Å². The van der Waals surface area contributed by atoms with Crippen molar-refractivity contribution < 1.29 is 34.4 Å². The summed E-state index contributed by atoms with van der Waals surface area (Å²) in [6.45, 7) is 3.61. The molecule has 4 rings (SSSR count). The van der Waals surface area contributed by atoms with E-state index < -0.39 is 34.9 Å². The number of aromatic hydroxyl groups is 1. The quantitative estimate of drug-likeness (QED) is 0.204. The molecule has 6 atom stereocenters. The van der Waals surface area contributed by atoms with Crippen molar-refractivity contribution in [3.8, 4) is 5.75 Å². The normalized spacial score (nSPS) is 29.4. The Morgan fingerprint density at radius 1 is 1.19 bits per heavy atom. The van der Waals surface area contributed by atoms with E-state index in [2.05, 4.69) is 17.5 Å². The number of nitrogens with one attached hydrogen (secondary N) is 1. The number of β-lactam (4-membered cyclic amide) rings is 1. The predicted octanol–water partition coefficient (Wildman–Crippen LogP) is 2.97. The molecule has 0 aromatic heterocycles. The van der Waals surface area contributed by atoms with Gasteiger partial charge in [0.2, 0.25) is 5.91 Å². The molecule has 1 amide bonds. The summed E-state index contributed by atoms with van der Waals surface area (Å²) in [5, 5.41) is 32.6. The van der Waals surface area contributed by atoms with E-state index >= 15 is 0 Å². The molecule has 2 aliphatic heterocycles. The Labute approximate surface area is 221 Å². The number of carbonyl (C=O) groups is 3. The van der Waals surface area contributed by atoms with Crippen LogP contribution in [0.25, 0.3) is 0 Å². The number of phenols is 1. The lowest BCUT2D eigenvalue weighted by atomic mass is 9.86. The van der Waals surface area contributed by atoms with Gasteiger partial charge in [-0.2, -0.15) is 0 Å². The van der Waals surface area contributed by atoms with Crippen LogP contribution in [0.15, 0.2) is 36.4 Å². The average Bonchev–Trinajstić information content (AvgIpc) is 3.08. The number of benzene rings is 1. The van der Waals surface area contributed by atoms with Crippen LogP contribution in [0.2, 0.25) is 0 Å². The fourth-order valence-corrected chi connectivity index (χ4v) is 7.10. The SMILES string of the molecule is CC1(C)S[C@@H]2[C@H](CC(=O)[C@H](NC(O)COC3CC/C=C/CCC3)c3ccc(O)cc3)C(=O)N2[C@H]1C(=O)O. The summed E-state index contributed by atoms with van der Waals surface area (Å²) in [5.41, 5.74) is 0.546. The number of allylic oxidation sites excluding steroid dienone is 2. The molecule has 2 heterocycles. The second-order valence-corrected chi connectivity index (χ2v) is 12.3. The first-order valence-electron chi connectivity index (χ1n) is 12.8. The number of fused-ring (bicyclic) bond motifs is 1. The Hall–Kier alpha value is -2.40. The van der Waals surface area contributed by atoms with Crippen molar-refractivity contribution in [1.29, 1.82) is 0 Å². The first kappa shape index (κ1) is 27.6. The molecule has 2 saturated heterocycles. The number of rotatable bonds is 10. The molecule has 1 aliphatic carbocycles.